The molecule has 0 aromatic carbocycles. The molecule has 0 unspecified atom stereocenters. The average molecular weight is 193 g/mol. The lowest BCUT2D eigenvalue weighted by molar-refractivity contribution is -0.181. The molecule has 5 heteroatoms. The van der Waals surface area contributed by atoms with Gasteiger partial charge in [-0.1, -0.05) is 0 Å². The predicted octanol–water partition coefficient (Wildman–Crippen LogP) is 0.937. The smallest absolute Gasteiger partial charge is 0.326 e. The van der Waals surface area contributed by atoms with Gasteiger partial charge in [0.2, 0.25) is 0 Å². The van der Waals surface area contributed by atoms with Crippen molar-refractivity contribution in [1.29, 1.82) is 0 Å². The second kappa shape index (κ2) is 3.21. The summed E-state index contributed by atoms with van der Waals surface area (Å²) in [7, 11) is 1.49. The minimum atomic E-state index is -2.73. The molecule has 0 radical (unpaired) electrons. The van der Waals surface area contributed by atoms with Crippen LogP contribution in [0.1, 0.15) is 19.8 Å². The molecule has 0 bridgehead atoms. The highest BCUT2D eigenvalue weighted by Gasteiger charge is 2.61. The number of halogens is 2. The molecule has 1 fully saturated rings. The zero-order valence-electron chi connectivity index (χ0n) is 7.69. The van der Waals surface area contributed by atoms with E-state index in [4.69, 9.17) is 4.74 Å². The Hall–Kier alpha value is -0.710. The largest absolute Gasteiger partial charge is 0.465 e. The molecular weight excluding hydrogens is 180 g/mol. The Kier molecular flexibility index (Phi) is 2.56. The topological polar surface area (TPSA) is 38.3 Å². The number of carbonyl (C=O) groups is 1. The number of carbonyl (C=O) groups excluding carboxylic acids is 1. The molecule has 0 aliphatic heterocycles. The molecule has 1 rings (SSSR count). The number of esters is 1. The second-order valence-electron chi connectivity index (χ2n) is 3.26. The van der Waals surface area contributed by atoms with E-state index in [9.17, 15) is 13.6 Å². The number of ether oxygens (including phenoxy) is 1. The van der Waals surface area contributed by atoms with Crippen LogP contribution in [-0.2, 0) is 9.53 Å². The van der Waals surface area contributed by atoms with Crippen LogP contribution in [0.25, 0.3) is 0 Å². The Morgan fingerprint density at radius 3 is 2.38 bits per heavy atom. The SMILES string of the molecule is CCOC(=O)C1(NC)CC(F)(F)C1. The summed E-state index contributed by atoms with van der Waals surface area (Å²) in [5.41, 5.74) is -1.15. The first-order valence-electron chi connectivity index (χ1n) is 4.20. The van der Waals surface area contributed by atoms with Gasteiger partial charge in [-0.25, -0.2) is 8.78 Å². The standard InChI is InChI=1S/C8H13F2NO2/c1-3-13-6(12)7(11-2)4-8(9,10)5-7/h11H,3-5H2,1-2H3. The first-order valence-corrected chi connectivity index (χ1v) is 4.20. The van der Waals surface area contributed by atoms with Crippen molar-refractivity contribution in [3.05, 3.63) is 0 Å². The Balaban J connectivity index is 2.59. The Bertz CT molecular complexity index is 210. The van der Waals surface area contributed by atoms with E-state index < -0.39 is 30.3 Å². The Labute approximate surface area is 75.4 Å². The quantitative estimate of drug-likeness (QED) is 0.678. The molecule has 0 atom stereocenters. The first kappa shape index (κ1) is 10.4. The first-order chi connectivity index (χ1) is 5.96. The minimum absolute atomic E-state index is 0.216. The number of nitrogens with one attached hydrogen (secondary N) is 1. The van der Waals surface area contributed by atoms with Crippen molar-refractivity contribution >= 4 is 5.97 Å². The third-order valence-electron chi connectivity index (χ3n) is 2.27. The van der Waals surface area contributed by atoms with Gasteiger partial charge in [-0.15, -0.1) is 0 Å². The predicted molar refractivity (Wildman–Crippen MR) is 42.6 cm³/mol. The van der Waals surface area contributed by atoms with Gasteiger partial charge < -0.3 is 10.1 Å². The maximum absolute atomic E-state index is 12.6. The molecule has 0 saturated heterocycles. The van der Waals surface area contributed by atoms with Crippen LogP contribution in [-0.4, -0.2) is 31.1 Å². The summed E-state index contributed by atoms with van der Waals surface area (Å²) in [6.45, 7) is 1.87. The molecule has 3 nitrogen and oxygen atoms in total. The third-order valence-corrected chi connectivity index (χ3v) is 2.27. The van der Waals surface area contributed by atoms with E-state index in [1.54, 1.807) is 6.92 Å². The van der Waals surface area contributed by atoms with Crippen LogP contribution < -0.4 is 5.32 Å². The number of hydrogen-bond donors (Lipinski definition) is 1. The molecule has 0 aromatic heterocycles. The second-order valence-corrected chi connectivity index (χ2v) is 3.26. The zero-order valence-corrected chi connectivity index (χ0v) is 7.69. The van der Waals surface area contributed by atoms with Crippen LogP contribution in [0.2, 0.25) is 0 Å². The van der Waals surface area contributed by atoms with E-state index in [-0.39, 0.29) is 6.61 Å². The van der Waals surface area contributed by atoms with Crippen LogP contribution in [0.5, 0.6) is 0 Å². The summed E-state index contributed by atoms with van der Waals surface area (Å²) in [5, 5.41) is 2.60. The Morgan fingerprint density at radius 1 is 1.54 bits per heavy atom. The van der Waals surface area contributed by atoms with Crippen molar-refractivity contribution in [2.24, 2.45) is 0 Å². The van der Waals surface area contributed by atoms with E-state index in [2.05, 4.69) is 5.32 Å². The average Bonchev–Trinajstić information content (AvgIpc) is 1.99. The number of alkyl halides is 2. The molecule has 0 amide bonds. The highest BCUT2D eigenvalue weighted by atomic mass is 19.3. The van der Waals surface area contributed by atoms with E-state index in [1.807, 2.05) is 0 Å². The highest BCUT2D eigenvalue weighted by molar-refractivity contribution is 5.82. The van der Waals surface area contributed by atoms with Crippen molar-refractivity contribution in [2.75, 3.05) is 13.7 Å². The van der Waals surface area contributed by atoms with Gasteiger partial charge in [0.15, 0.2) is 0 Å². The van der Waals surface area contributed by atoms with Gasteiger partial charge >= 0.3 is 5.97 Å². The Morgan fingerprint density at radius 2 is 2.08 bits per heavy atom. The maximum atomic E-state index is 12.6. The lowest BCUT2D eigenvalue weighted by atomic mass is 9.73. The molecule has 0 aromatic rings. The van der Waals surface area contributed by atoms with Crippen LogP contribution in [0, 0.1) is 0 Å². The molecule has 1 aliphatic carbocycles. The summed E-state index contributed by atoms with van der Waals surface area (Å²) in [6.07, 6.45) is -0.926. The highest BCUT2D eigenvalue weighted by Crippen LogP contribution is 2.45. The molecule has 76 valence electrons. The lowest BCUT2D eigenvalue weighted by Gasteiger charge is -2.44. The summed E-state index contributed by atoms with van der Waals surface area (Å²) in [5.74, 6) is -3.31. The van der Waals surface area contributed by atoms with Gasteiger partial charge in [-0.2, -0.15) is 0 Å². The normalized spacial score (nSPS) is 23.4. The van der Waals surface area contributed by atoms with Crippen LogP contribution >= 0.6 is 0 Å². The van der Waals surface area contributed by atoms with Crippen molar-refractivity contribution in [1.82, 2.24) is 5.32 Å². The van der Waals surface area contributed by atoms with Crippen molar-refractivity contribution in [3.63, 3.8) is 0 Å². The van der Waals surface area contributed by atoms with Gasteiger partial charge in [0, 0.05) is 12.8 Å². The molecule has 1 aliphatic rings. The van der Waals surface area contributed by atoms with Gasteiger partial charge in [-0.05, 0) is 14.0 Å². The molecule has 1 N–H and O–H groups in total. The monoisotopic (exact) mass is 193 g/mol. The molecule has 0 spiro atoms. The summed E-state index contributed by atoms with van der Waals surface area (Å²) < 4.78 is 29.8. The third kappa shape index (κ3) is 1.80. The van der Waals surface area contributed by atoms with Gasteiger partial charge in [0.05, 0.1) is 6.61 Å². The van der Waals surface area contributed by atoms with Crippen molar-refractivity contribution < 1.29 is 18.3 Å². The van der Waals surface area contributed by atoms with Crippen molar-refractivity contribution in [2.45, 2.75) is 31.2 Å². The number of likely N-dealkylation sites (N-methyl/N-ethyl adjacent to an activating group) is 1. The molecular formula is C8H13F2NO2. The van der Waals surface area contributed by atoms with E-state index in [1.165, 1.54) is 7.05 Å². The maximum Gasteiger partial charge on any atom is 0.326 e. The zero-order chi connectivity index (χ0) is 10.1. The van der Waals surface area contributed by atoms with E-state index in [0.29, 0.717) is 0 Å². The fraction of sp³-hybridized carbons (Fsp3) is 0.875. The van der Waals surface area contributed by atoms with Crippen LogP contribution in [0.15, 0.2) is 0 Å². The molecule has 0 heterocycles. The number of rotatable bonds is 3. The summed E-state index contributed by atoms with van der Waals surface area (Å²) >= 11 is 0. The van der Waals surface area contributed by atoms with Gasteiger partial charge in [0.1, 0.15) is 5.54 Å². The van der Waals surface area contributed by atoms with Crippen LogP contribution in [0.3, 0.4) is 0 Å². The van der Waals surface area contributed by atoms with Crippen LogP contribution in [0.4, 0.5) is 8.78 Å². The van der Waals surface area contributed by atoms with Gasteiger partial charge in [0.25, 0.3) is 5.92 Å². The molecule has 1 saturated carbocycles. The minimum Gasteiger partial charge on any atom is -0.465 e. The molecule has 13 heavy (non-hydrogen) atoms. The fourth-order valence-corrected chi connectivity index (χ4v) is 1.52. The van der Waals surface area contributed by atoms with E-state index in [0.717, 1.165) is 0 Å². The lowest BCUT2D eigenvalue weighted by Crippen LogP contribution is -2.64. The summed E-state index contributed by atoms with van der Waals surface area (Å²) in [6, 6.07) is 0. The summed E-state index contributed by atoms with van der Waals surface area (Å²) in [4.78, 5) is 11.2. The van der Waals surface area contributed by atoms with Gasteiger partial charge in [-0.3, -0.25) is 4.79 Å². The van der Waals surface area contributed by atoms with E-state index >= 15 is 0 Å². The number of hydrogen-bond acceptors (Lipinski definition) is 3. The van der Waals surface area contributed by atoms with Crippen molar-refractivity contribution in [3.8, 4) is 0 Å². The fourth-order valence-electron chi connectivity index (χ4n) is 1.52.